The second-order valence-electron chi connectivity index (χ2n) is 2.87. The molecule has 1 aromatic carbocycles. The zero-order valence-electron chi connectivity index (χ0n) is 7.49. The first-order chi connectivity index (χ1) is 6.50. The van der Waals surface area contributed by atoms with E-state index in [1.54, 1.807) is 0 Å². The molecular weight excluding hydrogens is 189 g/mol. The Morgan fingerprint density at radius 1 is 1.57 bits per heavy atom. The van der Waals surface area contributed by atoms with Crippen LogP contribution in [-0.4, -0.2) is 22.2 Å². The number of benzene rings is 1. The Bertz CT molecular complexity index is 354. The number of hydrogen-bond donors (Lipinski definition) is 3. The molecule has 14 heavy (non-hydrogen) atoms. The van der Waals surface area contributed by atoms with Gasteiger partial charge in [-0.15, -0.1) is 0 Å². The van der Waals surface area contributed by atoms with Crippen LogP contribution in [0.15, 0.2) is 18.2 Å². The Hall–Kier alpha value is -1.78. The average Bonchev–Trinajstić information content (AvgIpc) is 2.09. The highest BCUT2D eigenvalue weighted by Gasteiger charge is 2.12. The molecule has 5 heteroatoms. The fourth-order valence-electron chi connectivity index (χ4n) is 0.922. The summed E-state index contributed by atoms with van der Waals surface area (Å²) in [6.45, 7) is 1.42. The molecule has 4 nitrogen and oxygen atoms in total. The molecule has 0 saturated heterocycles. The molecule has 0 amide bonds. The molecule has 0 aliphatic rings. The van der Waals surface area contributed by atoms with Crippen molar-refractivity contribution in [2.75, 3.05) is 5.32 Å². The molecule has 3 N–H and O–H groups in total. The van der Waals surface area contributed by atoms with Crippen LogP contribution in [0.1, 0.15) is 6.92 Å². The van der Waals surface area contributed by atoms with Crippen molar-refractivity contribution in [2.24, 2.45) is 0 Å². The van der Waals surface area contributed by atoms with Crippen LogP contribution >= 0.6 is 0 Å². The van der Waals surface area contributed by atoms with Crippen molar-refractivity contribution < 1.29 is 19.4 Å². The number of aromatic hydroxyl groups is 1. The minimum atomic E-state index is -1.05. The normalized spacial score (nSPS) is 12.1. The van der Waals surface area contributed by atoms with E-state index in [2.05, 4.69) is 5.32 Å². The smallest absolute Gasteiger partial charge is 0.325 e. The molecule has 0 aromatic heterocycles. The van der Waals surface area contributed by atoms with E-state index in [0.717, 1.165) is 12.1 Å². The first-order valence-corrected chi connectivity index (χ1v) is 3.98. The van der Waals surface area contributed by atoms with Crippen LogP contribution < -0.4 is 5.32 Å². The first-order valence-electron chi connectivity index (χ1n) is 3.98. The Morgan fingerprint density at radius 3 is 2.71 bits per heavy atom. The molecule has 0 aliphatic carbocycles. The van der Waals surface area contributed by atoms with Gasteiger partial charge in [-0.25, -0.2) is 4.39 Å². The second-order valence-corrected chi connectivity index (χ2v) is 2.87. The van der Waals surface area contributed by atoms with Gasteiger partial charge in [-0.2, -0.15) is 0 Å². The second kappa shape index (κ2) is 3.95. The minimum absolute atomic E-state index is 0.196. The molecule has 1 aromatic rings. The molecule has 0 bridgehead atoms. The van der Waals surface area contributed by atoms with E-state index in [1.165, 1.54) is 13.0 Å². The number of aliphatic carboxylic acids is 1. The van der Waals surface area contributed by atoms with Crippen LogP contribution in [0, 0.1) is 5.82 Å². The van der Waals surface area contributed by atoms with Gasteiger partial charge in [-0.1, -0.05) is 0 Å². The number of rotatable bonds is 3. The molecule has 0 spiro atoms. The largest absolute Gasteiger partial charge is 0.506 e. The van der Waals surface area contributed by atoms with Gasteiger partial charge < -0.3 is 15.5 Å². The molecule has 0 saturated carbocycles. The maximum atomic E-state index is 12.5. The molecule has 1 unspecified atom stereocenters. The Kier molecular flexibility index (Phi) is 2.91. The van der Waals surface area contributed by atoms with Gasteiger partial charge in [-0.05, 0) is 19.1 Å². The number of carboxylic acids is 1. The highest BCUT2D eigenvalue weighted by atomic mass is 19.1. The lowest BCUT2D eigenvalue weighted by Gasteiger charge is -2.11. The predicted octanol–water partition coefficient (Wildman–Crippen LogP) is 1.42. The van der Waals surface area contributed by atoms with Gasteiger partial charge in [0.15, 0.2) is 0 Å². The number of anilines is 1. The summed E-state index contributed by atoms with van der Waals surface area (Å²) >= 11 is 0. The van der Waals surface area contributed by atoms with Crippen LogP contribution in [0.3, 0.4) is 0 Å². The summed E-state index contributed by atoms with van der Waals surface area (Å²) in [6, 6.07) is 2.49. The summed E-state index contributed by atoms with van der Waals surface area (Å²) in [4.78, 5) is 10.5. The molecule has 0 aliphatic heterocycles. The topological polar surface area (TPSA) is 69.6 Å². The van der Waals surface area contributed by atoms with Crippen LogP contribution in [0.5, 0.6) is 5.75 Å². The summed E-state index contributed by atoms with van der Waals surface area (Å²) in [5.41, 5.74) is 0.196. The fourth-order valence-corrected chi connectivity index (χ4v) is 0.922. The lowest BCUT2D eigenvalue weighted by molar-refractivity contribution is -0.137. The summed E-state index contributed by atoms with van der Waals surface area (Å²) in [7, 11) is 0. The van der Waals surface area contributed by atoms with Gasteiger partial charge in [0.25, 0.3) is 0 Å². The van der Waals surface area contributed by atoms with Crippen LogP contribution in [0.2, 0.25) is 0 Å². The summed E-state index contributed by atoms with van der Waals surface area (Å²) in [5.74, 6) is -1.93. The molecule has 0 radical (unpaired) electrons. The Morgan fingerprint density at radius 2 is 2.21 bits per heavy atom. The predicted molar refractivity (Wildman–Crippen MR) is 48.8 cm³/mol. The number of carbonyl (C=O) groups is 1. The highest BCUT2D eigenvalue weighted by molar-refractivity contribution is 5.77. The molecular formula is C9H10FNO3. The van der Waals surface area contributed by atoms with Gasteiger partial charge in [0.2, 0.25) is 0 Å². The Balaban J connectivity index is 2.82. The van der Waals surface area contributed by atoms with Gasteiger partial charge in [0.05, 0.1) is 5.69 Å². The summed E-state index contributed by atoms with van der Waals surface area (Å²) in [6.07, 6.45) is 0. The van der Waals surface area contributed by atoms with E-state index in [4.69, 9.17) is 5.11 Å². The molecule has 1 atom stereocenters. The number of halogens is 1. The van der Waals surface area contributed by atoms with Crippen molar-refractivity contribution in [2.45, 2.75) is 13.0 Å². The molecule has 1 rings (SSSR count). The minimum Gasteiger partial charge on any atom is -0.506 e. The number of nitrogens with one attached hydrogen (secondary N) is 1. The zero-order valence-corrected chi connectivity index (χ0v) is 7.49. The lowest BCUT2D eigenvalue weighted by Crippen LogP contribution is -2.25. The Labute approximate surface area is 80.0 Å². The monoisotopic (exact) mass is 199 g/mol. The number of hydrogen-bond acceptors (Lipinski definition) is 3. The van der Waals surface area contributed by atoms with Crippen LogP contribution in [0.25, 0.3) is 0 Å². The van der Waals surface area contributed by atoms with E-state index < -0.39 is 17.8 Å². The van der Waals surface area contributed by atoms with Crippen molar-refractivity contribution in [1.29, 1.82) is 0 Å². The maximum absolute atomic E-state index is 12.5. The van der Waals surface area contributed by atoms with Crippen molar-refractivity contribution in [1.82, 2.24) is 0 Å². The molecule has 76 valence electrons. The van der Waals surface area contributed by atoms with Crippen LogP contribution in [-0.2, 0) is 4.79 Å². The van der Waals surface area contributed by atoms with Crippen molar-refractivity contribution in [3.8, 4) is 5.75 Å². The maximum Gasteiger partial charge on any atom is 0.325 e. The van der Waals surface area contributed by atoms with E-state index in [0.29, 0.717) is 0 Å². The van der Waals surface area contributed by atoms with Crippen molar-refractivity contribution >= 4 is 11.7 Å². The quantitative estimate of drug-likeness (QED) is 0.644. The van der Waals surface area contributed by atoms with Crippen LogP contribution in [0.4, 0.5) is 10.1 Å². The van der Waals surface area contributed by atoms with E-state index in [-0.39, 0.29) is 11.4 Å². The van der Waals surface area contributed by atoms with Gasteiger partial charge in [0.1, 0.15) is 17.6 Å². The van der Waals surface area contributed by atoms with Gasteiger partial charge >= 0.3 is 5.97 Å². The first kappa shape index (κ1) is 10.3. The number of carboxylic acid groups (broad SMARTS) is 1. The lowest BCUT2D eigenvalue weighted by atomic mass is 10.2. The third kappa shape index (κ3) is 2.35. The third-order valence-electron chi connectivity index (χ3n) is 1.70. The van der Waals surface area contributed by atoms with E-state index in [9.17, 15) is 14.3 Å². The van der Waals surface area contributed by atoms with E-state index >= 15 is 0 Å². The SMILES string of the molecule is CC(Nc1ccc(F)cc1O)C(=O)O. The number of phenols is 1. The van der Waals surface area contributed by atoms with Gasteiger partial charge in [-0.3, -0.25) is 4.79 Å². The zero-order chi connectivity index (χ0) is 10.7. The van der Waals surface area contributed by atoms with Gasteiger partial charge in [0, 0.05) is 6.07 Å². The molecule has 0 heterocycles. The highest BCUT2D eigenvalue weighted by Crippen LogP contribution is 2.24. The number of phenolic OH excluding ortho intramolecular Hbond substituents is 1. The van der Waals surface area contributed by atoms with Crippen molar-refractivity contribution in [3.63, 3.8) is 0 Å². The van der Waals surface area contributed by atoms with E-state index in [1.807, 2.05) is 0 Å². The van der Waals surface area contributed by atoms with Crippen molar-refractivity contribution in [3.05, 3.63) is 24.0 Å². The fraction of sp³-hybridized carbons (Fsp3) is 0.222. The standard InChI is InChI=1S/C9H10FNO3/c1-5(9(13)14)11-7-3-2-6(10)4-8(7)12/h2-5,11-12H,1H3,(H,13,14). The molecule has 0 fully saturated rings. The average molecular weight is 199 g/mol. The summed E-state index contributed by atoms with van der Waals surface area (Å²) in [5, 5.41) is 20.3. The third-order valence-corrected chi connectivity index (χ3v) is 1.70. The summed E-state index contributed by atoms with van der Waals surface area (Å²) < 4.78 is 12.5.